The van der Waals surface area contributed by atoms with Crippen LogP contribution in [-0.2, 0) is 0 Å². The molecule has 92 valence electrons. The van der Waals surface area contributed by atoms with Crippen molar-refractivity contribution < 1.29 is 4.79 Å². The molecule has 0 aliphatic rings. The van der Waals surface area contributed by atoms with Crippen LogP contribution in [0, 0.1) is 0 Å². The Hall–Kier alpha value is -1.96. The first-order valence-electron chi connectivity index (χ1n) is 6.32. The summed E-state index contributed by atoms with van der Waals surface area (Å²) in [6.45, 7) is 4.15. The third-order valence-electron chi connectivity index (χ3n) is 3.18. The molecule has 0 bridgehead atoms. The summed E-state index contributed by atoms with van der Waals surface area (Å²) >= 11 is 0. The van der Waals surface area contributed by atoms with E-state index >= 15 is 0 Å². The van der Waals surface area contributed by atoms with Crippen molar-refractivity contribution in [1.82, 2.24) is 4.98 Å². The molecule has 0 aliphatic carbocycles. The first kappa shape index (κ1) is 12.5. The Morgan fingerprint density at radius 1 is 1.17 bits per heavy atom. The maximum atomic E-state index is 12.3. The summed E-state index contributed by atoms with van der Waals surface area (Å²) in [6.07, 6.45) is 7.03. The molecule has 0 saturated carbocycles. The fourth-order valence-corrected chi connectivity index (χ4v) is 2.03. The minimum Gasteiger partial charge on any atom is -0.289 e. The molecule has 0 radical (unpaired) electrons. The first-order chi connectivity index (χ1) is 8.76. The molecule has 1 aromatic heterocycles. The predicted octanol–water partition coefficient (Wildman–Crippen LogP) is 4.16. The van der Waals surface area contributed by atoms with Crippen LogP contribution in [0.4, 0.5) is 0 Å². The molecule has 0 unspecified atom stereocenters. The Kier molecular flexibility index (Phi) is 3.88. The van der Waals surface area contributed by atoms with Gasteiger partial charge in [0, 0.05) is 23.3 Å². The number of allylic oxidation sites excluding steroid dienone is 2. The van der Waals surface area contributed by atoms with E-state index in [0.717, 1.165) is 23.6 Å². The van der Waals surface area contributed by atoms with E-state index < -0.39 is 0 Å². The molecule has 0 atom stereocenters. The Labute approximate surface area is 107 Å². The lowest BCUT2D eigenvalue weighted by Gasteiger charge is -2.04. The van der Waals surface area contributed by atoms with Crippen molar-refractivity contribution in [1.29, 1.82) is 0 Å². The Balaban J connectivity index is 2.48. The average molecular weight is 239 g/mol. The zero-order chi connectivity index (χ0) is 13.0. The lowest BCUT2D eigenvalue weighted by Crippen LogP contribution is -1.98. The molecule has 2 heteroatoms. The third-order valence-corrected chi connectivity index (χ3v) is 3.18. The Bertz CT molecular complexity index is 588. The number of aromatic nitrogens is 1. The van der Waals surface area contributed by atoms with Crippen LogP contribution >= 0.6 is 0 Å². The number of benzene rings is 1. The summed E-state index contributed by atoms with van der Waals surface area (Å²) in [7, 11) is 0. The van der Waals surface area contributed by atoms with Gasteiger partial charge in [-0.25, -0.2) is 0 Å². The van der Waals surface area contributed by atoms with Crippen LogP contribution in [0.15, 0.2) is 48.3 Å². The van der Waals surface area contributed by atoms with Crippen LogP contribution < -0.4 is 0 Å². The lowest BCUT2D eigenvalue weighted by atomic mass is 10.0. The van der Waals surface area contributed by atoms with Crippen molar-refractivity contribution >= 4 is 16.6 Å². The second-order valence-corrected chi connectivity index (χ2v) is 4.28. The standard InChI is InChI=1S/C16H17NO/c1-3-12(4-2)9-16(18)15-11-17-10-13-7-5-6-8-14(13)15/h5-11H,3-4H2,1-2H3. The zero-order valence-corrected chi connectivity index (χ0v) is 10.8. The fourth-order valence-electron chi connectivity index (χ4n) is 2.03. The van der Waals surface area contributed by atoms with Crippen molar-refractivity contribution in [2.24, 2.45) is 0 Å². The molecule has 18 heavy (non-hydrogen) atoms. The molecule has 0 aliphatic heterocycles. The quantitative estimate of drug-likeness (QED) is 0.592. The molecule has 2 aromatic rings. The molecular formula is C16H17NO. The van der Waals surface area contributed by atoms with Crippen LogP contribution in [0.1, 0.15) is 37.0 Å². The van der Waals surface area contributed by atoms with E-state index in [0.29, 0.717) is 5.56 Å². The van der Waals surface area contributed by atoms with Crippen molar-refractivity contribution in [2.75, 3.05) is 0 Å². The van der Waals surface area contributed by atoms with Gasteiger partial charge in [-0.3, -0.25) is 9.78 Å². The van der Waals surface area contributed by atoms with E-state index in [2.05, 4.69) is 18.8 Å². The van der Waals surface area contributed by atoms with E-state index in [-0.39, 0.29) is 5.78 Å². The van der Waals surface area contributed by atoms with E-state index in [1.165, 1.54) is 5.57 Å². The predicted molar refractivity (Wildman–Crippen MR) is 74.7 cm³/mol. The minimum absolute atomic E-state index is 0.0537. The number of nitrogens with zero attached hydrogens (tertiary/aromatic N) is 1. The van der Waals surface area contributed by atoms with Gasteiger partial charge in [0.1, 0.15) is 0 Å². The van der Waals surface area contributed by atoms with Crippen molar-refractivity contribution in [3.05, 3.63) is 53.9 Å². The van der Waals surface area contributed by atoms with Gasteiger partial charge in [-0.2, -0.15) is 0 Å². The van der Waals surface area contributed by atoms with Crippen LogP contribution in [0.3, 0.4) is 0 Å². The number of pyridine rings is 1. The van der Waals surface area contributed by atoms with Gasteiger partial charge in [-0.15, -0.1) is 0 Å². The van der Waals surface area contributed by atoms with Crippen molar-refractivity contribution in [3.63, 3.8) is 0 Å². The van der Waals surface area contributed by atoms with Crippen LogP contribution in [0.5, 0.6) is 0 Å². The van der Waals surface area contributed by atoms with Gasteiger partial charge in [0.05, 0.1) is 0 Å². The monoisotopic (exact) mass is 239 g/mol. The Morgan fingerprint density at radius 2 is 1.89 bits per heavy atom. The number of rotatable bonds is 4. The molecule has 2 nitrogen and oxygen atoms in total. The zero-order valence-electron chi connectivity index (χ0n) is 10.8. The summed E-state index contributed by atoms with van der Waals surface area (Å²) < 4.78 is 0. The van der Waals surface area contributed by atoms with E-state index in [4.69, 9.17) is 0 Å². The SMILES string of the molecule is CCC(=CC(=O)c1cncc2ccccc12)CC. The smallest absolute Gasteiger partial charge is 0.187 e. The van der Waals surface area contributed by atoms with Gasteiger partial charge in [0.25, 0.3) is 0 Å². The molecule has 0 N–H and O–H groups in total. The number of carbonyl (C=O) groups excluding carboxylic acids is 1. The van der Waals surface area contributed by atoms with E-state index in [1.807, 2.05) is 24.3 Å². The van der Waals surface area contributed by atoms with Gasteiger partial charge >= 0.3 is 0 Å². The Morgan fingerprint density at radius 3 is 2.61 bits per heavy atom. The average Bonchev–Trinajstić information content (AvgIpc) is 2.43. The van der Waals surface area contributed by atoms with E-state index in [9.17, 15) is 4.79 Å². The number of fused-ring (bicyclic) bond motifs is 1. The molecule has 0 amide bonds. The highest BCUT2D eigenvalue weighted by molar-refractivity contribution is 6.13. The number of ketones is 1. The summed E-state index contributed by atoms with van der Waals surface area (Å²) in [4.78, 5) is 16.4. The molecule has 0 fully saturated rings. The van der Waals surface area contributed by atoms with Crippen molar-refractivity contribution in [2.45, 2.75) is 26.7 Å². The highest BCUT2D eigenvalue weighted by Gasteiger charge is 2.08. The summed E-state index contributed by atoms with van der Waals surface area (Å²) in [6, 6.07) is 7.85. The molecule has 1 heterocycles. The molecule has 1 aromatic carbocycles. The van der Waals surface area contributed by atoms with Gasteiger partial charge in [-0.05, 0) is 24.3 Å². The normalized spacial score (nSPS) is 10.3. The minimum atomic E-state index is 0.0537. The highest BCUT2D eigenvalue weighted by Crippen LogP contribution is 2.19. The number of carbonyl (C=O) groups is 1. The van der Waals surface area contributed by atoms with Crippen molar-refractivity contribution in [3.8, 4) is 0 Å². The van der Waals surface area contributed by atoms with Gasteiger partial charge in [-0.1, -0.05) is 43.7 Å². The summed E-state index contributed by atoms with van der Waals surface area (Å²) in [5.41, 5.74) is 1.86. The highest BCUT2D eigenvalue weighted by atomic mass is 16.1. The second-order valence-electron chi connectivity index (χ2n) is 4.28. The van der Waals surface area contributed by atoms with Crippen LogP contribution in [0.25, 0.3) is 10.8 Å². The maximum absolute atomic E-state index is 12.3. The topological polar surface area (TPSA) is 30.0 Å². The molecular weight excluding hydrogens is 222 g/mol. The second kappa shape index (κ2) is 5.58. The van der Waals surface area contributed by atoms with Gasteiger partial charge < -0.3 is 0 Å². The first-order valence-corrected chi connectivity index (χ1v) is 6.32. The van der Waals surface area contributed by atoms with Crippen LogP contribution in [-0.4, -0.2) is 10.8 Å². The number of hydrogen-bond donors (Lipinski definition) is 0. The molecule has 0 spiro atoms. The fraction of sp³-hybridized carbons (Fsp3) is 0.250. The number of hydrogen-bond acceptors (Lipinski definition) is 2. The van der Waals surface area contributed by atoms with E-state index in [1.54, 1.807) is 18.5 Å². The van der Waals surface area contributed by atoms with Crippen LogP contribution in [0.2, 0.25) is 0 Å². The molecule has 0 saturated heterocycles. The molecule has 2 rings (SSSR count). The summed E-state index contributed by atoms with van der Waals surface area (Å²) in [5.74, 6) is 0.0537. The lowest BCUT2D eigenvalue weighted by molar-refractivity contribution is 0.104. The van der Waals surface area contributed by atoms with Gasteiger partial charge in [0.15, 0.2) is 5.78 Å². The summed E-state index contributed by atoms with van der Waals surface area (Å²) in [5, 5.41) is 1.98. The third kappa shape index (κ3) is 2.48. The van der Waals surface area contributed by atoms with Gasteiger partial charge in [0.2, 0.25) is 0 Å². The largest absolute Gasteiger partial charge is 0.289 e. The maximum Gasteiger partial charge on any atom is 0.187 e.